The molecule has 0 aromatic carbocycles. The highest BCUT2D eigenvalue weighted by molar-refractivity contribution is 8.70. The summed E-state index contributed by atoms with van der Waals surface area (Å²) in [6.07, 6.45) is 11.2. The second kappa shape index (κ2) is 12.1. The lowest BCUT2D eigenvalue weighted by Crippen LogP contribution is -2.45. The molecule has 0 aliphatic rings. The van der Waals surface area contributed by atoms with E-state index in [1.165, 1.54) is 38.5 Å². The van der Waals surface area contributed by atoms with Gasteiger partial charge in [-0.15, -0.1) is 0 Å². The van der Waals surface area contributed by atoms with Gasteiger partial charge in [-0.25, -0.2) is 0 Å². The smallest absolute Gasteiger partial charge is 0.320 e. The summed E-state index contributed by atoms with van der Waals surface area (Å²) < 4.78 is 29.2. The second-order valence-corrected chi connectivity index (χ2v) is 9.53. The Morgan fingerprint density at radius 2 is 1.43 bits per heavy atom. The molecule has 0 aromatic heterocycles. The van der Waals surface area contributed by atoms with E-state index in [1.54, 1.807) is 0 Å². The predicted molar refractivity (Wildman–Crippen MR) is 94.6 cm³/mol. The molecule has 0 radical (unpaired) electrons. The Balaban J connectivity index is 3.99. The molecule has 23 heavy (non-hydrogen) atoms. The van der Waals surface area contributed by atoms with Crippen molar-refractivity contribution in [2.75, 3.05) is 6.61 Å². The zero-order valence-electron chi connectivity index (χ0n) is 14.0. The molecular weight excluding hydrogens is 338 g/mol. The Labute approximate surface area is 143 Å². The van der Waals surface area contributed by atoms with Crippen LogP contribution in [0.5, 0.6) is 0 Å². The molecule has 0 saturated carbocycles. The van der Waals surface area contributed by atoms with Crippen LogP contribution in [0.15, 0.2) is 0 Å². The third-order valence-electron chi connectivity index (χ3n) is 3.90. The van der Waals surface area contributed by atoms with Gasteiger partial charge in [0.05, 0.1) is 6.61 Å². The summed E-state index contributed by atoms with van der Waals surface area (Å²) in [7, 11) is -4.41. The van der Waals surface area contributed by atoms with Crippen molar-refractivity contribution in [2.24, 2.45) is 5.73 Å². The number of carbonyl (C=O) groups excluding carboxylic acids is 1. The summed E-state index contributed by atoms with van der Waals surface area (Å²) in [5, 5.41) is 9.36. The van der Waals surface area contributed by atoms with E-state index >= 15 is 0 Å². The van der Waals surface area contributed by atoms with Crippen LogP contribution in [0.2, 0.25) is 0 Å². The van der Waals surface area contributed by atoms with Crippen LogP contribution in [0, 0.1) is 0 Å². The number of hydrogen-bond donors (Lipinski definition) is 3. The first-order valence-electron chi connectivity index (χ1n) is 8.36. The van der Waals surface area contributed by atoms with E-state index in [0.29, 0.717) is 6.42 Å². The van der Waals surface area contributed by atoms with E-state index in [1.807, 2.05) is 0 Å². The maximum atomic E-state index is 11.5. The lowest BCUT2D eigenvalue weighted by Gasteiger charge is -2.25. The Morgan fingerprint density at radius 1 is 1.00 bits per heavy atom. The highest BCUT2D eigenvalue weighted by Crippen LogP contribution is 2.34. The van der Waals surface area contributed by atoms with Gasteiger partial charge >= 0.3 is 9.15 Å². The van der Waals surface area contributed by atoms with Gasteiger partial charge in [0, 0.05) is 10.8 Å². The number of unbranched alkanes of at least 4 members (excludes halogenated alkanes) is 9. The molecule has 0 bridgehead atoms. The van der Waals surface area contributed by atoms with Crippen molar-refractivity contribution in [1.82, 2.24) is 0 Å². The number of aliphatic hydroxyl groups excluding tert-OH is 1. The van der Waals surface area contributed by atoms with Gasteiger partial charge in [-0.05, 0) is 6.42 Å². The van der Waals surface area contributed by atoms with E-state index < -0.39 is 26.4 Å². The quantitative estimate of drug-likeness (QED) is 0.232. The fourth-order valence-electron chi connectivity index (χ4n) is 2.49. The molecule has 0 fully saturated rings. The topological polar surface area (TPSA) is 118 Å². The molecular formula is C15H31NO5S2. The highest BCUT2D eigenvalue weighted by Gasteiger charge is 2.41. The standard InChI is InChI=1S/C15H31NO5S2/c1-2-3-4-5-6-7-8-9-10-11-12-15(13-17,14(16)18)22-23(19,20)21/h17H,2-13H2,1H3,(H2,16,18)(H,19,20,21). The normalized spacial score (nSPS) is 14.6. The van der Waals surface area contributed by atoms with Gasteiger partial charge in [0.15, 0.2) is 0 Å². The summed E-state index contributed by atoms with van der Waals surface area (Å²) >= 11 is 0. The molecule has 0 aliphatic heterocycles. The van der Waals surface area contributed by atoms with Gasteiger partial charge in [-0.1, -0.05) is 71.1 Å². The van der Waals surface area contributed by atoms with E-state index in [2.05, 4.69) is 6.92 Å². The highest BCUT2D eigenvalue weighted by atomic mass is 33.1. The molecule has 1 atom stereocenters. The van der Waals surface area contributed by atoms with Gasteiger partial charge in [-0.3, -0.25) is 9.35 Å². The van der Waals surface area contributed by atoms with Gasteiger partial charge in [-0.2, -0.15) is 8.42 Å². The Kier molecular flexibility index (Phi) is 11.9. The minimum absolute atomic E-state index is 0.0401. The van der Waals surface area contributed by atoms with E-state index in [4.69, 9.17) is 10.3 Å². The van der Waals surface area contributed by atoms with E-state index in [9.17, 15) is 18.3 Å². The fourth-order valence-corrected chi connectivity index (χ4v) is 5.12. The molecule has 0 heterocycles. The average molecular weight is 370 g/mol. The van der Waals surface area contributed by atoms with Crippen molar-refractivity contribution in [2.45, 2.75) is 82.3 Å². The number of aliphatic hydroxyl groups is 1. The van der Waals surface area contributed by atoms with E-state index in [-0.39, 0.29) is 17.2 Å². The predicted octanol–water partition coefficient (Wildman–Crippen LogP) is 3.05. The number of hydrogen-bond acceptors (Lipinski definition) is 5. The molecule has 1 unspecified atom stereocenters. The zero-order valence-corrected chi connectivity index (χ0v) is 15.6. The minimum Gasteiger partial charge on any atom is -0.394 e. The maximum absolute atomic E-state index is 11.5. The lowest BCUT2D eigenvalue weighted by atomic mass is 9.99. The van der Waals surface area contributed by atoms with Gasteiger partial charge in [0.25, 0.3) is 0 Å². The molecule has 4 N–H and O–H groups in total. The maximum Gasteiger partial charge on any atom is 0.320 e. The van der Waals surface area contributed by atoms with Crippen LogP contribution >= 0.6 is 10.8 Å². The van der Waals surface area contributed by atoms with Gasteiger partial charge in [0.2, 0.25) is 5.91 Å². The molecule has 138 valence electrons. The van der Waals surface area contributed by atoms with Crippen molar-refractivity contribution in [3.05, 3.63) is 0 Å². The third-order valence-corrected chi connectivity index (χ3v) is 6.56. The minimum atomic E-state index is -4.45. The number of nitrogens with two attached hydrogens (primary N) is 1. The summed E-state index contributed by atoms with van der Waals surface area (Å²) in [5.41, 5.74) is 5.21. The van der Waals surface area contributed by atoms with Crippen molar-refractivity contribution in [1.29, 1.82) is 0 Å². The summed E-state index contributed by atoms with van der Waals surface area (Å²) in [6, 6.07) is 0. The average Bonchev–Trinajstić information content (AvgIpc) is 2.46. The number of carbonyl (C=O) groups is 1. The van der Waals surface area contributed by atoms with Crippen LogP contribution in [0.1, 0.15) is 77.6 Å². The molecule has 0 spiro atoms. The summed E-state index contributed by atoms with van der Waals surface area (Å²) in [6.45, 7) is 1.49. The molecule has 8 heteroatoms. The number of rotatable bonds is 15. The first-order valence-corrected chi connectivity index (χ1v) is 11.1. The number of primary amides is 1. The molecule has 6 nitrogen and oxygen atoms in total. The SMILES string of the molecule is CCCCCCCCCCCCC(CO)(SS(=O)(=O)O)C(N)=O. The van der Waals surface area contributed by atoms with Crippen LogP contribution in [0.4, 0.5) is 0 Å². The molecule has 1 amide bonds. The van der Waals surface area contributed by atoms with Crippen LogP contribution in [0.25, 0.3) is 0 Å². The molecule has 0 aromatic rings. The number of amides is 1. The van der Waals surface area contributed by atoms with Crippen molar-refractivity contribution in [3.8, 4) is 0 Å². The largest absolute Gasteiger partial charge is 0.394 e. The Morgan fingerprint density at radius 3 is 1.78 bits per heavy atom. The third kappa shape index (κ3) is 11.0. The van der Waals surface area contributed by atoms with Gasteiger partial charge in [0.1, 0.15) is 4.75 Å². The molecule has 0 saturated heterocycles. The fraction of sp³-hybridized carbons (Fsp3) is 0.933. The van der Waals surface area contributed by atoms with Gasteiger partial charge < -0.3 is 10.8 Å². The van der Waals surface area contributed by atoms with Crippen LogP contribution in [-0.2, 0) is 13.9 Å². The summed E-state index contributed by atoms with van der Waals surface area (Å²) in [5.74, 6) is -0.918. The van der Waals surface area contributed by atoms with Crippen LogP contribution in [0.3, 0.4) is 0 Å². The first-order chi connectivity index (χ1) is 10.8. The van der Waals surface area contributed by atoms with Crippen LogP contribution < -0.4 is 5.73 Å². The molecule has 0 rings (SSSR count). The summed E-state index contributed by atoms with van der Waals surface area (Å²) in [4.78, 5) is 11.5. The monoisotopic (exact) mass is 369 g/mol. The second-order valence-electron chi connectivity index (χ2n) is 5.96. The first kappa shape index (κ1) is 22.7. The molecule has 0 aliphatic carbocycles. The zero-order chi connectivity index (χ0) is 17.8. The lowest BCUT2D eigenvalue weighted by molar-refractivity contribution is -0.121. The Hall–Kier alpha value is -0.310. The van der Waals surface area contributed by atoms with Crippen LogP contribution in [-0.4, -0.2) is 35.3 Å². The van der Waals surface area contributed by atoms with Crippen molar-refractivity contribution in [3.63, 3.8) is 0 Å². The van der Waals surface area contributed by atoms with E-state index in [0.717, 1.165) is 19.3 Å². The van der Waals surface area contributed by atoms with Crippen molar-refractivity contribution < 1.29 is 22.9 Å². The van der Waals surface area contributed by atoms with Crippen molar-refractivity contribution >= 4 is 25.9 Å². The Bertz CT molecular complexity index is 428.